The number of hydrogen-bond donors (Lipinski definition) is 2. The van der Waals surface area contributed by atoms with Gasteiger partial charge in [0.05, 0.1) is 13.2 Å². The number of methoxy groups -OCH3 is 1. The van der Waals surface area contributed by atoms with Crippen LogP contribution in [0.3, 0.4) is 0 Å². The molecule has 6 heteroatoms. The number of nitrogens with zero attached hydrogens (tertiary/aromatic N) is 1. The molecular formula is C22H27N3O3. The average molecular weight is 381 g/mol. The highest BCUT2D eigenvalue weighted by atomic mass is 16.5. The van der Waals surface area contributed by atoms with Gasteiger partial charge in [0.2, 0.25) is 5.91 Å². The zero-order valence-electron chi connectivity index (χ0n) is 16.6. The van der Waals surface area contributed by atoms with Crippen molar-refractivity contribution in [2.75, 3.05) is 18.6 Å². The smallest absolute Gasteiger partial charge is 0.315 e. The zero-order valence-corrected chi connectivity index (χ0v) is 16.6. The van der Waals surface area contributed by atoms with Crippen molar-refractivity contribution >= 4 is 17.6 Å². The molecule has 1 atom stereocenters. The Balaban J connectivity index is 1.54. The van der Waals surface area contributed by atoms with Gasteiger partial charge >= 0.3 is 6.03 Å². The van der Waals surface area contributed by atoms with Gasteiger partial charge in [-0.2, -0.15) is 0 Å². The molecule has 0 aliphatic carbocycles. The molecule has 0 unspecified atom stereocenters. The second kappa shape index (κ2) is 8.78. The van der Waals surface area contributed by atoms with Gasteiger partial charge in [0, 0.05) is 30.8 Å². The average Bonchev–Trinajstić information content (AvgIpc) is 3.12. The molecule has 1 aliphatic heterocycles. The van der Waals surface area contributed by atoms with Crippen LogP contribution in [0.2, 0.25) is 0 Å². The molecule has 3 amide bonds. The number of ether oxygens (including phenoxy) is 1. The fourth-order valence-corrected chi connectivity index (χ4v) is 3.41. The highest BCUT2D eigenvalue weighted by Crippen LogP contribution is 2.26. The van der Waals surface area contributed by atoms with Crippen molar-refractivity contribution in [1.82, 2.24) is 10.6 Å². The summed E-state index contributed by atoms with van der Waals surface area (Å²) in [6.07, 6.45) is 1.53. The number of carbonyl (C=O) groups is 2. The zero-order chi connectivity index (χ0) is 20.1. The second-order valence-electron chi connectivity index (χ2n) is 7.11. The molecule has 0 spiro atoms. The molecule has 3 rings (SSSR count). The largest absolute Gasteiger partial charge is 0.496 e. The van der Waals surface area contributed by atoms with E-state index in [1.807, 2.05) is 56.3 Å². The van der Waals surface area contributed by atoms with E-state index in [1.54, 1.807) is 12.0 Å². The van der Waals surface area contributed by atoms with Gasteiger partial charge in [0.1, 0.15) is 5.75 Å². The van der Waals surface area contributed by atoms with Crippen LogP contribution >= 0.6 is 0 Å². The van der Waals surface area contributed by atoms with E-state index in [-0.39, 0.29) is 18.0 Å². The first-order valence-corrected chi connectivity index (χ1v) is 9.56. The first-order chi connectivity index (χ1) is 13.5. The Bertz CT molecular complexity index is 849. The van der Waals surface area contributed by atoms with Crippen LogP contribution in [0.25, 0.3) is 0 Å². The topological polar surface area (TPSA) is 70.7 Å². The lowest BCUT2D eigenvalue weighted by Crippen LogP contribution is -2.36. The van der Waals surface area contributed by atoms with Gasteiger partial charge in [-0.15, -0.1) is 0 Å². The second-order valence-corrected chi connectivity index (χ2v) is 7.11. The van der Waals surface area contributed by atoms with Gasteiger partial charge in [-0.1, -0.05) is 29.8 Å². The van der Waals surface area contributed by atoms with Gasteiger partial charge < -0.3 is 20.3 Å². The van der Waals surface area contributed by atoms with Crippen LogP contribution in [-0.2, 0) is 11.3 Å². The fraction of sp³-hybridized carbons (Fsp3) is 0.364. The first kappa shape index (κ1) is 19.7. The Morgan fingerprint density at radius 3 is 2.61 bits per heavy atom. The highest BCUT2D eigenvalue weighted by Gasteiger charge is 2.21. The summed E-state index contributed by atoms with van der Waals surface area (Å²) in [5.41, 5.74) is 3.95. The SMILES string of the molecule is COc1ccc(C)cc1[C@@H](C)NC(=O)NCc1ccc(N2CCCC2=O)cc1. The first-order valence-electron chi connectivity index (χ1n) is 9.56. The lowest BCUT2D eigenvalue weighted by molar-refractivity contribution is -0.117. The molecule has 1 aliphatic rings. The Kier molecular flexibility index (Phi) is 6.19. The van der Waals surface area contributed by atoms with E-state index < -0.39 is 0 Å². The van der Waals surface area contributed by atoms with Crippen LogP contribution in [0.15, 0.2) is 42.5 Å². The maximum Gasteiger partial charge on any atom is 0.315 e. The van der Waals surface area contributed by atoms with E-state index in [0.717, 1.165) is 41.1 Å². The normalized spacial score (nSPS) is 14.7. The predicted octanol–water partition coefficient (Wildman–Crippen LogP) is 3.69. The predicted molar refractivity (Wildman–Crippen MR) is 110 cm³/mol. The number of rotatable bonds is 6. The molecule has 0 saturated carbocycles. The van der Waals surface area contributed by atoms with Crippen molar-refractivity contribution in [3.05, 3.63) is 59.2 Å². The van der Waals surface area contributed by atoms with E-state index in [9.17, 15) is 9.59 Å². The third kappa shape index (κ3) is 4.63. The number of hydrogen-bond acceptors (Lipinski definition) is 3. The van der Waals surface area contributed by atoms with E-state index in [2.05, 4.69) is 10.6 Å². The molecule has 2 aromatic rings. The van der Waals surface area contributed by atoms with Crippen molar-refractivity contribution in [2.45, 2.75) is 39.3 Å². The van der Waals surface area contributed by atoms with Crippen molar-refractivity contribution in [2.24, 2.45) is 0 Å². The number of nitrogens with one attached hydrogen (secondary N) is 2. The summed E-state index contributed by atoms with van der Waals surface area (Å²) in [6, 6.07) is 13.2. The Morgan fingerprint density at radius 1 is 1.21 bits per heavy atom. The van der Waals surface area contributed by atoms with E-state index in [1.165, 1.54) is 0 Å². The lowest BCUT2D eigenvalue weighted by Gasteiger charge is -2.19. The Labute approximate surface area is 165 Å². The van der Waals surface area contributed by atoms with Gasteiger partial charge in [-0.05, 0) is 44.0 Å². The number of amides is 3. The molecule has 0 bridgehead atoms. The molecule has 0 radical (unpaired) electrons. The number of anilines is 1. The summed E-state index contributed by atoms with van der Waals surface area (Å²) in [7, 11) is 1.63. The van der Waals surface area contributed by atoms with Crippen molar-refractivity contribution in [3.8, 4) is 5.75 Å². The molecule has 1 heterocycles. The minimum absolute atomic E-state index is 0.172. The molecule has 2 aromatic carbocycles. The molecule has 1 saturated heterocycles. The maximum absolute atomic E-state index is 12.3. The fourth-order valence-electron chi connectivity index (χ4n) is 3.41. The van der Waals surface area contributed by atoms with Gasteiger partial charge in [-0.25, -0.2) is 4.79 Å². The Morgan fingerprint density at radius 2 is 1.96 bits per heavy atom. The molecular weight excluding hydrogens is 354 g/mol. The summed E-state index contributed by atoms with van der Waals surface area (Å²) in [4.78, 5) is 25.9. The van der Waals surface area contributed by atoms with Gasteiger partial charge in [0.25, 0.3) is 0 Å². The van der Waals surface area contributed by atoms with Crippen LogP contribution in [0.1, 0.15) is 42.5 Å². The number of benzene rings is 2. The number of aryl methyl sites for hydroxylation is 1. The third-order valence-corrected chi connectivity index (χ3v) is 4.97. The van der Waals surface area contributed by atoms with Crippen LogP contribution in [0.4, 0.5) is 10.5 Å². The molecule has 6 nitrogen and oxygen atoms in total. The molecule has 2 N–H and O–H groups in total. The lowest BCUT2D eigenvalue weighted by atomic mass is 10.0. The number of carbonyl (C=O) groups excluding carboxylic acids is 2. The quantitative estimate of drug-likeness (QED) is 0.802. The summed E-state index contributed by atoms with van der Waals surface area (Å²) in [5, 5.41) is 5.83. The van der Waals surface area contributed by atoms with Crippen molar-refractivity contribution < 1.29 is 14.3 Å². The van der Waals surface area contributed by atoms with Crippen molar-refractivity contribution in [1.29, 1.82) is 0 Å². The standard InChI is InChI=1S/C22H27N3O3/c1-15-6-11-20(28-3)19(13-15)16(2)24-22(27)23-14-17-7-9-18(10-8-17)25-12-4-5-21(25)26/h6-11,13,16H,4-5,12,14H2,1-3H3,(H2,23,24,27)/t16-/m1/s1. The molecule has 28 heavy (non-hydrogen) atoms. The van der Waals surface area contributed by atoms with E-state index in [0.29, 0.717) is 13.0 Å². The molecule has 0 aromatic heterocycles. The monoisotopic (exact) mass is 381 g/mol. The van der Waals surface area contributed by atoms with Gasteiger partial charge in [-0.3, -0.25) is 4.79 Å². The minimum Gasteiger partial charge on any atom is -0.496 e. The van der Waals surface area contributed by atoms with Crippen LogP contribution in [-0.4, -0.2) is 25.6 Å². The third-order valence-electron chi connectivity index (χ3n) is 4.97. The van der Waals surface area contributed by atoms with E-state index >= 15 is 0 Å². The molecule has 1 fully saturated rings. The van der Waals surface area contributed by atoms with Crippen LogP contribution < -0.4 is 20.3 Å². The van der Waals surface area contributed by atoms with E-state index in [4.69, 9.17) is 4.74 Å². The Hall–Kier alpha value is -3.02. The highest BCUT2D eigenvalue weighted by molar-refractivity contribution is 5.95. The van der Waals surface area contributed by atoms with Crippen LogP contribution in [0, 0.1) is 6.92 Å². The van der Waals surface area contributed by atoms with Gasteiger partial charge in [0.15, 0.2) is 0 Å². The van der Waals surface area contributed by atoms with Crippen molar-refractivity contribution in [3.63, 3.8) is 0 Å². The molecule has 148 valence electrons. The summed E-state index contributed by atoms with van der Waals surface area (Å²) < 4.78 is 5.39. The summed E-state index contributed by atoms with van der Waals surface area (Å²) in [5.74, 6) is 0.927. The number of urea groups is 1. The summed E-state index contributed by atoms with van der Waals surface area (Å²) >= 11 is 0. The summed E-state index contributed by atoms with van der Waals surface area (Å²) in [6.45, 7) is 5.13. The van der Waals surface area contributed by atoms with Crippen LogP contribution in [0.5, 0.6) is 5.75 Å². The minimum atomic E-state index is -0.241. The maximum atomic E-state index is 12.3.